The van der Waals surface area contributed by atoms with Gasteiger partial charge in [-0.15, -0.1) is 0 Å². The predicted molar refractivity (Wildman–Crippen MR) is 204 cm³/mol. The molecule has 52 heavy (non-hydrogen) atoms. The fraction of sp³-hybridized carbons (Fsp3) is 0.429. The molecule has 2 unspecified atom stereocenters. The Labute approximate surface area is 306 Å². The maximum Gasteiger partial charge on any atom is 0.251 e. The first-order valence-electron chi connectivity index (χ1n) is 18.9. The van der Waals surface area contributed by atoms with Crippen molar-refractivity contribution in [3.05, 3.63) is 101 Å². The predicted octanol–water partition coefficient (Wildman–Crippen LogP) is 5.96. The van der Waals surface area contributed by atoms with E-state index in [-0.39, 0.29) is 24.3 Å². The zero-order valence-electron chi connectivity index (χ0n) is 29.9. The van der Waals surface area contributed by atoms with E-state index in [1.165, 1.54) is 17.5 Å². The summed E-state index contributed by atoms with van der Waals surface area (Å²) >= 11 is 0. The van der Waals surface area contributed by atoms with Gasteiger partial charge in [0.2, 0.25) is 5.91 Å². The lowest BCUT2D eigenvalue weighted by Gasteiger charge is -2.32. The number of carbonyl (C=O) groups excluding carboxylic acids is 3. The summed E-state index contributed by atoms with van der Waals surface area (Å²) < 4.78 is 5.47. The number of fused-ring (bicyclic) bond motifs is 1. The Morgan fingerprint density at radius 3 is 2.60 bits per heavy atom. The van der Waals surface area contributed by atoms with Crippen LogP contribution in [0.1, 0.15) is 78.9 Å². The molecule has 10 nitrogen and oxygen atoms in total. The Morgan fingerprint density at radius 1 is 0.942 bits per heavy atom. The molecule has 3 heterocycles. The molecule has 2 atom stereocenters. The van der Waals surface area contributed by atoms with Gasteiger partial charge in [0.05, 0.1) is 36.1 Å². The van der Waals surface area contributed by atoms with Gasteiger partial charge in [-0.05, 0) is 106 Å². The van der Waals surface area contributed by atoms with Crippen LogP contribution in [-0.4, -0.2) is 73.5 Å². The average molecular weight is 703 g/mol. The third-order valence-electron chi connectivity index (χ3n) is 11.1. The number of carbonyl (C=O) groups is 3. The molecule has 4 N–H and O–H groups in total. The van der Waals surface area contributed by atoms with Gasteiger partial charge in [-0.25, -0.2) is 0 Å². The van der Waals surface area contributed by atoms with E-state index in [4.69, 9.17) is 15.5 Å². The van der Waals surface area contributed by atoms with Crippen LogP contribution in [0.5, 0.6) is 0 Å². The fourth-order valence-corrected chi connectivity index (χ4v) is 8.14. The summed E-state index contributed by atoms with van der Waals surface area (Å²) in [5, 5.41) is 6.41. The monoisotopic (exact) mass is 702 g/mol. The number of benzene rings is 2. The van der Waals surface area contributed by atoms with Crippen LogP contribution in [0.2, 0.25) is 0 Å². The summed E-state index contributed by atoms with van der Waals surface area (Å²) in [5.41, 5.74) is 11.5. The number of aromatic nitrogens is 1. The maximum atomic E-state index is 14.0. The molecule has 2 aliphatic carbocycles. The smallest absolute Gasteiger partial charge is 0.251 e. The van der Waals surface area contributed by atoms with Crippen LogP contribution in [0.25, 0.3) is 11.3 Å². The first-order valence-corrected chi connectivity index (χ1v) is 18.9. The number of primary amides is 1. The average Bonchev–Trinajstić information content (AvgIpc) is 3.19. The second-order valence-electron chi connectivity index (χ2n) is 14.6. The zero-order valence-corrected chi connectivity index (χ0v) is 29.9. The molecule has 2 aromatic carbocycles. The first kappa shape index (κ1) is 35.6. The van der Waals surface area contributed by atoms with Gasteiger partial charge in [0.25, 0.3) is 11.8 Å². The number of ether oxygens (including phenoxy) is 1. The van der Waals surface area contributed by atoms with Crippen molar-refractivity contribution in [3.63, 3.8) is 0 Å². The van der Waals surface area contributed by atoms with Crippen molar-refractivity contribution in [3.8, 4) is 11.3 Å². The summed E-state index contributed by atoms with van der Waals surface area (Å²) in [7, 11) is 0. The first-order chi connectivity index (χ1) is 25.4. The fourth-order valence-electron chi connectivity index (χ4n) is 8.14. The minimum absolute atomic E-state index is 0.0453. The molecule has 3 amide bonds. The van der Waals surface area contributed by atoms with E-state index < -0.39 is 11.3 Å². The number of allylic oxidation sites excluding steroid dienone is 2. The molecular weight excluding hydrogens is 652 g/mol. The van der Waals surface area contributed by atoms with Gasteiger partial charge in [-0.2, -0.15) is 0 Å². The molecule has 0 spiro atoms. The van der Waals surface area contributed by atoms with Crippen LogP contribution >= 0.6 is 0 Å². The number of pyridine rings is 1. The molecular formula is C42H50N6O4. The van der Waals surface area contributed by atoms with Gasteiger partial charge in [0.15, 0.2) is 0 Å². The van der Waals surface area contributed by atoms with Crippen molar-refractivity contribution in [1.29, 1.82) is 0 Å². The number of morpholine rings is 1. The van der Waals surface area contributed by atoms with E-state index in [2.05, 4.69) is 44.7 Å². The van der Waals surface area contributed by atoms with E-state index in [9.17, 15) is 14.4 Å². The minimum atomic E-state index is -0.934. The maximum absolute atomic E-state index is 14.0. The normalized spacial score (nSPS) is 21.9. The SMILES string of the molecule is NC(=O)C1(CCCN2CCOCC2)C=CC=C(C(=O)Nc2ccc(N3CCCCC3)cc2-c2cc(C(=O)NC3CCCc4ccccc43)ccn2)C1. The summed E-state index contributed by atoms with van der Waals surface area (Å²) in [5.74, 6) is -0.870. The van der Waals surface area contributed by atoms with E-state index in [0.29, 0.717) is 28.9 Å². The highest BCUT2D eigenvalue weighted by Crippen LogP contribution is 2.38. The molecule has 10 heteroatoms. The number of nitrogens with two attached hydrogens (primary N) is 1. The van der Waals surface area contributed by atoms with E-state index in [0.717, 1.165) is 95.7 Å². The molecule has 0 radical (unpaired) electrons. The summed E-state index contributed by atoms with van der Waals surface area (Å²) in [6, 6.07) is 17.9. The molecule has 2 saturated heterocycles. The highest BCUT2D eigenvalue weighted by Gasteiger charge is 2.37. The highest BCUT2D eigenvalue weighted by atomic mass is 16.5. The molecule has 2 aliphatic heterocycles. The van der Waals surface area contributed by atoms with Crippen LogP contribution in [0.3, 0.4) is 0 Å². The molecule has 1 aromatic heterocycles. The van der Waals surface area contributed by atoms with Crippen LogP contribution < -0.4 is 21.3 Å². The lowest BCUT2D eigenvalue weighted by molar-refractivity contribution is -0.125. The number of anilines is 2. The Kier molecular flexibility index (Phi) is 11.1. The topological polar surface area (TPSA) is 130 Å². The van der Waals surface area contributed by atoms with Gasteiger partial charge in [-0.1, -0.05) is 42.5 Å². The van der Waals surface area contributed by atoms with Crippen molar-refractivity contribution >= 4 is 29.1 Å². The summed E-state index contributed by atoms with van der Waals surface area (Å²) in [6.45, 7) is 5.97. The molecule has 272 valence electrons. The van der Waals surface area contributed by atoms with Gasteiger partial charge < -0.3 is 26.0 Å². The van der Waals surface area contributed by atoms with Crippen LogP contribution in [0, 0.1) is 5.41 Å². The number of aryl methyl sites for hydroxylation is 1. The number of amides is 3. The Bertz CT molecular complexity index is 1840. The van der Waals surface area contributed by atoms with Crippen molar-refractivity contribution in [2.75, 3.05) is 56.2 Å². The van der Waals surface area contributed by atoms with Gasteiger partial charge in [0, 0.05) is 54.8 Å². The number of rotatable bonds is 11. The number of piperidine rings is 1. The van der Waals surface area contributed by atoms with Crippen LogP contribution in [-0.2, 0) is 20.7 Å². The largest absolute Gasteiger partial charge is 0.379 e. The quantitative estimate of drug-likeness (QED) is 0.225. The Balaban J connectivity index is 1.11. The molecule has 4 aliphatic rings. The van der Waals surface area contributed by atoms with E-state index >= 15 is 0 Å². The van der Waals surface area contributed by atoms with Gasteiger partial charge in [-0.3, -0.25) is 24.3 Å². The van der Waals surface area contributed by atoms with Crippen molar-refractivity contribution in [2.45, 2.75) is 63.8 Å². The second-order valence-corrected chi connectivity index (χ2v) is 14.6. The Hall–Kier alpha value is -4.80. The molecule has 3 aromatic rings. The van der Waals surface area contributed by atoms with Crippen molar-refractivity contribution in [1.82, 2.24) is 15.2 Å². The van der Waals surface area contributed by atoms with Crippen molar-refractivity contribution in [2.24, 2.45) is 11.1 Å². The standard InChI is InChI=1S/C42H50N6O4/c43-41(51)42(18-8-20-47-23-25-52-26-24-47)17-7-11-32(29-42)40(50)46-37-15-14-33(48-21-4-1-5-22-48)28-35(37)38-27-31(16-19-44-38)39(49)45-36-13-6-10-30-9-2-3-12-34(30)36/h2-3,7,9,11-12,14-17,19,27-28,36H,1,4-6,8,10,13,18,20-26,29H2,(H2,43,51)(H,45,49)(H,46,50). The second kappa shape index (κ2) is 16.3. The lowest BCUT2D eigenvalue weighted by Crippen LogP contribution is -2.40. The minimum Gasteiger partial charge on any atom is -0.379 e. The summed E-state index contributed by atoms with van der Waals surface area (Å²) in [6.07, 6.45) is 15.1. The van der Waals surface area contributed by atoms with Gasteiger partial charge >= 0.3 is 0 Å². The number of nitrogens with zero attached hydrogens (tertiary/aromatic N) is 3. The van der Waals surface area contributed by atoms with E-state index in [1.54, 1.807) is 24.4 Å². The highest BCUT2D eigenvalue weighted by molar-refractivity contribution is 6.07. The van der Waals surface area contributed by atoms with Gasteiger partial charge in [0.1, 0.15) is 0 Å². The van der Waals surface area contributed by atoms with E-state index in [1.807, 2.05) is 30.3 Å². The molecule has 0 saturated carbocycles. The summed E-state index contributed by atoms with van der Waals surface area (Å²) in [4.78, 5) is 50.0. The molecule has 2 fully saturated rings. The zero-order chi connectivity index (χ0) is 35.9. The third kappa shape index (κ3) is 8.13. The number of hydrogen-bond acceptors (Lipinski definition) is 7. The molecule has 0 bridgehead atoms. The van der Waals surface area contributed by atoms with Crippen molar-refractivity contribution < 1.29 is 19.1 Å². The lowest BCUT2D eigenvalue weighted by atomic mass is 9.74. The Morgan fingerprint density at radius 2 is 1.77 bits per heavy atom. The van der Waals surface area contributed by atoms with Crippen LogP contribution in [0.15, 0.2) is 84.6 Å². The number of nitrogens with one attached hydrogen (secondary N) is 2. The van der Waals surface area contributed by atoms with Crippen LogP contribution in [0.4, 0.5) is 11.4 Å². The third-order valence-corrected chi connectivity index (χ3v) is 11.1. The molecule has 7 rings (SSSR count). The number of hydrogen-bond donors (Lipinski definition) is 3.